The van der Waals surface area contributed by atoms with Gasteiger partial charge in [-0.25, -0.2) is 5.10 Å². The molecule has 1 amide bonds. The van der Waals surface area contributed by atoms with Crippen LogP contribution >= 0.6 is 0 Å². The van der Waals surface area contributed by atoms with E-state index in [1.54, 1.807) is 17.1 Å². The maximum atomic E-state index is 11.9. The lowest BCUT2D eigenvalue weighted by atomic mass is 10.3. The largest absolute Gasteiger partial charge is 0.379 e. The molecule has 1 atom stereocenters. The maximum Gasteiger partial charge on any atom is 0.276 e. The number of nitrogens with zero attached hydrogens (tertiary/aromatic N) is 3. The van der Waals surface area contributed by atoms with Crippen LogP contribution in [0.3, 0.4) is 0 Å². The van der Waals surface area contributed by atoms with Crippen LogP contribution in [0.15, 0.2) is 29.3 Å². The molecule has 2 aromatic heterocycles. The number of nitrogens with one attached hydrogen (secondary N) is 2. The van der Waals surface area contributed by atoms with Crippen molar-refractivity contribution in [3.8, 4) is 0 Å². The highest BCUT2D eigenvalue weighted by Gasteiger charge is 2.18. The van der Waals surface area contributed by atoms with Crippen LogP contribution in [0.2, 0.25) is 0 Å². The van der Waals surface area contributed by atoms with Gasteiger partial charge in [-0.05, 0) is 12.5 Å². The Balaban J connectivity index is 1.69. The molecule has 0 spiro atoms. The Morgan fingerprint density at radius 1 is 1.50 bits per heavy atom. The molecule has 8 nitrogen and oxygen atoms in total. The van der Waals surface area contributed by atoms with Crippen molar-refractivity contribution in [1.29, 1.82) is 0 Å². The number of aromatic nitrogens is 4. The monoisotopic (exact) mass is 275 g/mol. The first-order valence-corrected chi connectivity index (χ1v) is 6.21. The van der Waals surface area contributed by atoms with Crippen LogP contribution in [0.4, 0.5) is 5.69 Å². The minimum Gasteiger partial charge on any atom is -0.379 e. The Labute approximate surface area is 113 Å². The summed E-state index contributed by atoms with van der Waals surface area (Å²) in [5, 5.41) is 12.8. The van der Waals surface area contributed by atoms with Gasteiger partial charge in [0.15, 0.2) is 0 Å². The van der Waals surface area contributed by atoms with Crippen LogP contribution in [0.5, 0.6) is 0 Å². The number of rotatable bonds is 3. The standard InChI is InChI=1S/C12H13N5O3/c18-11-2-1-10(15-16-11)12(19)14-8-5-13-17(6-8)9-3-4-20-7-9/h1-2,5-6,9H,3-4,7H2,(H,14,19)(H,16,18)/t9-/m0/s1. The maximum absolute atomic E-state index is 11.9. The summed E-state index contributed by atoms with van der Waals surface area (Å²) in [4.78, 5) is 22.8. The number of ether oxygens (including phenoxy) is 1. The molecule has 0 radical (unpaired) electrons. The summed E-state index contributed by atoms with van der Waals surface area (Å²) < 4.78 is 7.07. The normalized spacial score (nSPS) is 18.1. The van der Waals surface area contributed by atoms with E-state index in [1.165, 1.54) is 12.1 Å². The molecule has 1 aliphatic rings. The molecule has 8 heteroatoms. The SMILES string of the molecule is O=C(Nc1cnn([C@H]2CCOC2)c1)c1ccc(=O)[nH]n1. The van der Waals surface area contributed by atoms with E-state index >= 15 is 0 Å². The third-order valence-corrected chi connectivity index (χ3v) is 3.05. The van der Waals surface area contributed by atoms with Gasteiger partial charge in [0.05, 0.1) is 24.5 Å². The molecule has 2 aromatic rings. The number of carbonyl (C=O) groups excluding carboxylic acids is 1. The lowest BCUT2D eigenvalue weighted by Crippen LogP contribution is -2.17. The summed E-state index contributed by atoms with van der Waals surface area (Å²) in [5.41, 5.74) is 0.368. The molecule has 0 aliphatic carbocycles. The second-order valence-electron chi connectivity index (χ2n) is 4.49. The van der Waals surface area contributed by atoms with E-state index < -0.39 is 5.91 Å². The molecule has 2 N–H and O–H groups in total. The summed E-state index contributed by atoms with van der Waals surface area (Å²) in [7, 11) is 0. The summed E-state index contributed by atoms with van der Waals surface area (Å²) in [6, 6.07) is 2.83. The van der Waals surface area contributed by atoms with Crippen molar-refractivity contribution in [1.82, 2.24) is 20.0 Å². The average molecular weight is 275 g/mol. The fourth-order valence-corrected chi connectivity index (χ4v) is 2.00. The van der Waals surface area contributed by atoms with Crippen LogP contribution in [-0.2, 0) is 4.74 Å². The Kier molecular flexibility index (Phi) is 3.30. The van der Waals surface area contributed by atoms with Crippen molar-refractivity contribution in [2.45, 2.75) is 12.5 Å². The molecule has 3 heterocycles. The van der Waals surface area contributed by atoms with Crippen molar-refractivity contribution >= 4 is 11.6 Å². The highest BCUT2D eigenvalue weighted by molar-refractivity contribution is 6.02. The van der Waals surface area contributed by atoms with Gasteiger partial charge in [0.25, 0.3) is 11.5 Å². The summed E-state index contributed by atoms with van der Waals surface area (Å²) in [6.07, 6.45) is 4.24. The third-order valence-electron chi connectivity index (χ3n) is 3.05. The number of H-pyrrole nitrogens is 1. The van der Waals surface area contributed by atoms with Crippen LogP contribution in [-0.4, -0.2) is 39.1 Å². The van der Waals surface area contributed by atoms with Crippen molar-refractivity contribution < 1.29 is 9.53 Å². The topological polar surface area (TPSA) is 102 Å². The number of anilines is 1. The van der Waals surface area contributed by atoms with Gasteiger partial charge in [0, 0.05) is 18.9 Å². The zero-order valence-electron chi connectivity index (χ0n) is 10.6. The highest BCUT2D eigenvalue weighted by atomic mass is 16.5. The van der Waals surface area contributed by atoms with Crippen molar-refractivity contribution in [3.05, 3.63) is 40.6 Å². The molecule has 3 rings (SSSR count). The number of aromatic amines is 1. The van der Waals surface area contributed by atoms with Crippen molar-refractivity contribution in [2.24, 2.45) is 0 Å². The van der Waals surface area contributed by atoms with E-state index in [-0.39, 0.29) is 17.3 Å². The van der Waals surface area contributed by atoms with Gasteiger partial charge >= 0.3 is 0 Å². The molecular weight excluding hydrogens is 262 g/mol. The molecule has 1 saturated heterocycles. The summed E-state index contributed by atoms with van der Waals surface area (Å²) in [5.74, 6) is -0.400. The Morgan fingerprint density at radius 3 is 3.10 bits per heavy atom. The van der Waals surface area contributed by atoms with Crippen molar-refractivity contribution in [3.63, 3.8) is 0 Å². The van der Waals surface area contributed by atoms with Crippen LogP contribution < -0.4 is 10.9 Å². The average Bonchev–Trinajstić information content (AvgIpc) is 3.09. The first-order chi connectivity index (χ1) is 9.72. The van der Waals surface area contributed by atoms with Gasteiger partial charge in [-0.3, -0.25) is 14.3 Å². The molecule has 0 unspecified atom stereocenters. The van der Waals surface area contributed by atoms with Gasteiger partial charge in [-0.2, -0.15) is 10.2 Å². The van der Waals surface area contributed by atoms with Crippen LogP contribution in [0, 0.1) is 0 Å². The smallest absolute Gasteiger partial charge is 0.276 e. The molecule has 0 saturated carbocycles. The number of hydrogen-bond acceptors (Lipinski definition) is 5. The van der Waals surface area contributed by atoms with Gasteiger partial charge in [0.2, 0.25) is 0 Å². The number of carbonyl (C=O) groups is 1. The first kappa shape index (κ1) is 12.5. The third kappa shape index (κ3) is 2.59. The molecular formula is C12H13N5O3. The van der Waals surface area contributed by atoms with Gasteiger partial charge in [-0.15, -0.1) is 0 Å². The lowest BCUT2D eigenvalue weighted by Gasteiger charge is -2.06. The predicted octanol–water partition coefficient (Wildman–Crippen LogP) is 0.180. The minimum absolute atomic E-state index is 0.140. The second-order valence-corrected chi connectivity index (χ2v) is 4.49. The van der Waals surface area contributed by atoms with E-state index in [0.717, 1.165) is 13.0 Å². The summed E-state index contributed by atoms with van der Waals surface area (Å²) in [6.45, 7) is 1.37. The lowest BCUT2D eigenvalue weighted by molar-refractivity contribution is 0.102. The highest BCUT2D eigenvalue weighted by Crippen LogP contribution is 2.19. The Hall–Kier alpha value is -2.48. The summed E-state index contributed by atoms with van der Waals surface area (Å²) >= 11 is 0. The van der Waals surface area contributed by atoms with Crippen LogP contribution in [0.1, 0.15) is 23.0 Å². The fraction of sp³-hybridized carbons (Fsp3) is 0.333. The first-order valence-electron chi connectivity index (χ1n) is 6.21. The van der Waals surface area contributed by atoms with Gasteiger partial charge in [0.1, 0.15) is 5.69 Å². The van der Waals surface area contributed by atoms with Gasteiger partial charge < -0.3 is 10.1 Å². The minimum atomic E-state index is -0.400. The number of amides is 1. The van der Waals surface area contributed by atoms with E-state index in [1.807, 2.05) is 0 Å². The quantitative estimate of drug-likeness (QED) is 0.832. The van der Waals surface area contributed by atoms with E-state index in [9.17, 15) is 9.59 Å². The van der Waals surface area contributed by atoms with Gasteiger partial charge in [-0.1, -0.05) is 0 Å². The zero-order valence-corrected chi connectivity index (χ0v) is 10.6. The Morgan fingerprint density at radius 2 is 2.40 bits per heavy atom. The molecule has 1 fully saturated rings. The molecule has 0 bridgehead atoms. The predicted molar refractivity (Wildman–Crippen MR) is 69.5 cm³/mol. The second kappa shape index (κ2) is 5.25. The van der Waals surface area contributed by atoms with Crippen LogP contribution in [0.25, 0.3) is 0 Å². The molecule has 104 valence electrons. The van der Waals surface area contributed by atoms with E-state index in [4.69, 9.17) is 4.74 Å². The van der Waals surface area contributed by atoms with Crippen molar-refractivity contribution in [2.75, 3.05) is 18.5 Å². The number of hydrogen-bond donors (Lipinski definition) is 2. The fourth-order valence-electron chi connectivity index (χ4n) is 2.00. The van der Waals surface area contributed by atoms with E-state index in [0.29, 0.717) is 12.3 Å². The molecule has 20 heavy (non-hydrogen) atoms. The zero-order chi connectivity index (χ0) is 13.9. The molecule has 1 aliphatic heterocycles. The van der Waals surface area contributed by atoms with E-state index in [2.05, 4.69) is 20.6 Å². The Bertz CT molecular complexity index is 651. The molecule has 0 aromatic carbocycles.